The van der Waals surface area contributed by atoms with Gasteiger partial charge in [-0.2, -0.15) is 4.98 Å². The predicted molar refractivity (Wildman–Crippen MR) is 63.5 cm³/mol. The SMILES string of the molecule is CCc1noc(-c2cc(I)ccc2O)n1. The number of aromatic hydroxyl groups is 1. The van der Waals surface area contributed by atoms with Gasteiger partial charge in [0.25, 0.3) is 5.89 Å². The van der Waals surface area contributed by atoms with Gasteiger partial charge in [0.2, 0.25) is 0 Å². The van der Waals surface area contributed by atoms with E-state index >= 15 is 0 Å². The van der Waals surface area contributed by atoms with Gasteiger partial charge >= 0.3 is 0 Å². The number of aromatic nitrogens is 2. The molecule has 0 amide bonds. The van der Waals surface area contributed by atoms with Crippen molar-refractivity contribution in [3.05, 3.63) is 27.6 Å². The van der Waals surface area contributed by atoms with Gasteiger partial charge in [-0.05, 0) is 40.8 Å². The number of phenolic OH excluding ortho intramolecular Hbond substituents is 1. The summed E-state index contributed by atoms with van der Waals surface area (Å²) in [4.78, 5) is 4.16. The third-order valence-corrected chi connectivity index (χ3v) is 2.64. The monoisotopic (exact) mass is 316 g/mol. The van der Waals surface area contributed by atoms with Crippen LogP contribution in [0.15, 0.2) is 22.7 Å². The van der Waals surface area contributed by atoms with Crippen molar-refractivity contribution in [2.45, 2.75) is 13.3 Å². The van der Waals surface area contributed by atoms with Gasteiger partial charge in [0, 0.05) is 9.99 Å². The molecule has 0 aliphatic carbocycles. The van der Waals surface area contributed by atoms with E-state index in [1.807, 2.05) is 19.1 Å². The number of rotatable bonds is 2. The lowest BCUT2D eigenvalue weighted by molar-refractivity contribution is 0.418. The van der Waals surface area contributed by atoms with E-state index in [-0.39, 0.29) is 5.75 Å². The topological polar surface area (TPSA) is 59.2 Å². The molecule has 0 aliphatic heterocycles. The first-order valence-electron chi connectivity index (χ1n) is 4.52. The first-order chi connectivity index (χ1) is 7.20. The second-order valence-electron chi connectivity index (χ2n) is 3.03. The number of benzene rings is 1. The van der Waals surface area contributed by atoms with E-state index in [1.165, 1.54) is 0 Å². The lowest BCUT2D eigenvalue weighted by Crippen LogP contribution is -1.83. The van der Waals surface area contributed by atoms with Crippen LogP contribution >= 0.6 is 22.6 Å². The minimum Gasteiger partial charge on any atom is -0.507 e. The number of phenols is 1. The van der Waals surface area contributed by atoms with Crippen LogP contribution in [0.2, 0.25) is 0 Å². The molecule has 4 nitrogen and oxygen atoms in total. The number of hydrogen-bond acceptors (Lipinski definition) is 4. The molecule has 1 N–H and O–H groups in total. The summed E-state index contributed by atoms with van der Waals surface area (Å²) >= 11 is 2.16. The van der Waals surface area contributed by atoms with Crippen molar-refractivity contribution in [3.63, 3.8) is 0 Å². The average Bonchev–Trinajstić information content (AvgIpc) is 2.70. The Labute approximate surface area is 100 Å². The number of aryl methyl sites for hydroxylation is 1. The van der Waals surface area contributed by atoms with Crippen LogP contribution in [0.4, 0.5) is 0 Å². The Balaban J connectivity index is 2.48. The van der Waals surface area contributed by atoms with E-state index in [9.17, 15) is 5.11 Å². The molecule has 0 radical (unpaired) electrons. The minimum absolute atomic E-state index is 0.154. The molecule has 0 fully saturated rings. The van der Waals surface area contributed by atoms with Gasteiger partial charge in [0.15, 0.2) is 5.82 Å². The van der Waals surface area contributed by atoms with Crippen LogP contribution < -0.4 is 0 Å². The molecule has 15 heavy (non-hydrogen) atoms. The first kappa shape index (κ1) is 10.4. The molecule has 0 saturated heterocycles. The van der Waals surface area contributed by atoms with E-state index in [4.69, 9.17) is 4.52 Å². The van der Waals surface area contributed by atoms with Crippen LogP contribution in [-0.2, 0) is 6.42 Å². The molecule has 0 bridgehead atoms. The fourth-order valence-electron chi connectivity index (χ4n) is 1.19. The van der Waals surface area contributed by atoms with Crippen LogP contribution in [0.25, 0.3) is 11.5 Å². The Hall–Kier alpha value is -1.11. The van der Waals surface area contributed by atoms with Gasteiger partial charge in [0.05, 0.1) is 5.56 Å². The Bertz CT molecular complexity index is 482. The van der Waals surface area contributed by atoms with Crippen LogP contribution in [-0.4, -0.2) is 15.2 Å². The van der Waals surface area contributed by atoms with E-state index in [0.29, 0.717) is 23.7 Å². The molecule has 0 spiro atoms. The number of hydrogen-bond donors (Lipinski definition) is 1. The Morgan fingerprint density at radius 1 is 1.47 bits per heavy atom. The summed E-state index contributed by atoms with van der Waals surface area (Å²) in [7, 11) is 0. The Morgan fingerprint density at radius 2 is 2.27 bits per heavy atom. The van der Waals surface area contributed by atoms with Crippen molar-refractivity contribution in [2.24, 2.45) is 0 Å². The van der Waals surface area contributed by atoms with Crippen molar-refractivity contribution in [3.8, 4) is 17.2 Å². The Morgan fingerprint density at radius 3 is 2.93 bits per heavy atom. The first-order valence-corrected chi connectivity index (χ1v) is 5.60. The molecule has 1 heterocycles. The minimum atomic E-state index is 0.154. The normalized spacial score (nSPS) is 10.5. The molecular weight excluding hydrogens is 307 g/mol. The lowest BCUT2D eigenvalue weighted by Gasteiger charge is -1.99. The van der Waals surface area contributed by atoms with Gasteiger partial charge in [0.1, 0.15) is 5.75 Å². The van der Waals surface area contributed by atoms with E-state index in [1.54, 1.807) is 6.07 Å². The maximum absolute atomic E-state index is 9.64. The van der Waals surface area contributed by atoms with Crippen LogP contribution in [0.5, 0.6) is 5.75 Å². The summed E-state index contributed by atoms with van der Waals surface area (Å²) < 4.78 is 6.06. The third kappa shape index (κ3) is 2.11. The Kier molecular flexibility index (Phi) is 2.90. The van der Waals surface area contributed by atoms with Gasteiger partial charge < -0.3 is 9.63 Å². The highest BCUT2D eigenvalue weighted by Crippen LogP contribution is 2.29. The third-order valence-electron chi connectivity index (χ3n) is 1.97. The summed E-state index contributed by atoms with van der Waals surface area (Å²) in [6.07, 6.45) is 0.716. The molecule has 1 aromatic heterocycles. The molecule has 5 heteroatoms. The molecule has 0 atom stereocenters. The smallest absolute Gasteiger partial charge is 0.261 e. The molecule has 0 unspecified atom stereocenters. The summed E-state index contributed by atoms with van der Waals surface area (Å²) in [6, 6.07) is 5.24. The zero-order valence-electron chi connectivity index (χ0n) is 8.07. The van der Waals surface area contributed by atoms with Crippen molar-refractivity contribution in [2.75, 3.05) is 0 Å². The largest absolute Gasteiger partial charge is 0.507 e. The molecule has 1 aromatic carbocycles. The average molecular weight is 316 g/mol. The highest BCUT2D eigenvalue weighted by molar-refractivity contribution is 14.1. The zero-order valence-corrected chi connectivity index (χ0v) is 10.2. The van der Waals surface area contributed by atoms with Crippen molar-refractivity contribution in [1.29, 1.82) is 0 Å². The number of halogens is 1. The molecule has 0 aliphatic rings. The van der Waals surface area contributed by atoms with Crippen LogP contribution in [0, 0.1) is 3.57 Å². The second kappa shape index (κ2) is 4.18. The van der Waals surface area contributed by atoms with Crippen molar-refractivity contribution >= 4 is 22.6 Å². The van der Waals surface area contributed by atoms with Gasteiger partial charge in [-0.25, -0.2) is 0 Å². The quantitative estimate of drug-likeness (QED) is 0.865. The molecular formula is C10H9IN2O2. The highest BCUT2D eigenvalue weighted by atomic mass is 127. The summed E-state index contributed by atoms with van der Waals surface area (Å²) in [5, 5.41) is 13.4. The van der Waals surface area contributed by atoms with Gasteiger partial charge in [-0.1, -0.05) is 12.1 Å². The van der Waals surface area contributed by atoms with Crippen LogP contribution in [0.1, 0.15) is 12.7 Å². The standard InChI is InChI=1S/C10H9IN2O2/c1-2-9-12-10(15-13-9)7-5-6(11)3-4-8(7)14/h3-5,14H,2H2,1H3. The van der Waals surface area contributed by atoms with Crippen molar-refractivity contribution < 1.29 is 9.63 Å². The molecule has 0 saturated carbocycles. The lowest BCUT2D eigenvalue weighted by atomic mass is 10.2. The number of nitrogens with zero attached hydrogens (tertiary/aromatic N) is 2. The molecule has 78 valence electrons. The molecule has 2 rings (SSSR count). The molecule has 2 aromatic rings. The van der Waals surface area contributed by atoms with Gasteiger partial charge in [-0.3, -0.25) is 0 Å². The fourth-order valence-corrected chi connectivity index (χ4v) is 1.68. The fraction of sp³-hybridized carbons (Fsp3) is 0.200. The maximum atomic E-state index is 9.64. The van der Waals surface area contributed by atoms with E-state index in [2.05, 4.69) is 32.7 Å². The van der Waals surface area contributed by atoms with Crippen molar-refractivity contribution in [1.82, 2.24) is 10.1 Å². The zero-order chi connectivity index (χ0) is 10.8. The van der Waals surface area contributed by atoms with E-state index < -0.39 is 0 Å². The summed E-state index contributed by atoms with van der Waals surface area (Å²) in [5.74, 6) is 1.16. The summed E-state index contributed by atoms with van der Waals surface area (Å²) in [6.45, 7) is 1.95. The predicted octanol–water partition coefficient (Wildman–Crippen LogP) is 2.61. The van der Waals surface area contributed by atoms with Gasteiger partial charge in [-0.15, -0.1) is 0 Å². The maximum Gasteiger partial charge on any atom is 0.261 e. The summed E-state index contributed by atoms with van der Waals surface area (Å²) in [5.41, 5.74) is 0.578. The highest BCUT2D eigenvalue weighted by Gasteiger charge is 2.12. The second-order valence-corrected chi connectivity index (χ2v) is 4.28. The van der Waals surface area contributed by atoms with Crippen LogP contribution in [0.3, 0.4) is 0 Å². The van der Waals surface area contributed by atoms with E-state index in [0.717, 1.165) is 3.57 Å².